The third kappa shape index (κ3) is 3.35. The number of carbonyl (C=O) groups excluding carboxylic acids is 1. The molecule has 2 N–H and O–H groups in total. The molecule has 4 nitrogen and oxygen atoms in total. The van der Waals surface area contributed by atoms with E-state index in [1.165, 1.54) is 19.3 Å². The lowest BCUT2D eigenvalue weighted by atomic mass is 9.90. The zero-order valence-corrected chi connectivity index (χ0v) is 10.9. The molecule has 1 aliphatic heterocycles. The van der Waals surface area contributed by atoms with Crippen molar-refractivity contribution in [2.24, 2.45) is 0 Å². The van der Waals surface area contributed by atoms with Crippen LogP contribution in [0.2, 0.25) is 0 Å². The fourth-order valence-electron chi connectivity index (χ4n) is 2.94. The molecule has 0 radical (unpaired) electrons. The predicted octanol–water partition coefficient (Wildman–Crippen LogP) is 1.71. The van der Waals surface area contributed by atoms with E-state index in [9.17, 15) is 4.79 Å². The molecule has 0 spiro atoms. The van der Waals surface area contributed by atoms with E-state index in [2.05, 4.69) is 22.5 Å². The van der Waals surface area contributed by atoms with E-state index in [0.29, 0.717) is 12.1 Å². The number of amides is 2. The molecule has 98 valence electrons. The van der Waals surface area contributed by atoms with Crippen LogP contribution in [0.4, 0.5) is 4.79 Å². The first kappa shape index (κ1) is 12.7. The molecule has 0 aromatic rings. The molecule has 4 heteroatoms. The van der Waals surface area contributed by atoms with Crippen LogP contribution in [0.5, 0.6) is 0 Å². The first-order valence-corrected chi connectivity index (χ1v) is 7.09. The van der Waals surface area contributed by atoms with Gasteiger partial charge in [0.2, 0.25) is 0 Å². The Balaban J connectivity index is 1.76. The van der Waals surface area contributed by atoms with Crippen LogP contribution in [0.1, 0.15) is 45.4 Å². The van der Waals surface area contributed by atoms with Crippen LogP contribution < -0.4 is 10.6 Å². The summed E-state index contributed by atoms with van der Waals surface area (Å²) in [5.41, 5.74) is 0. The third-order valence-corrected chi connectivity index (χ3v) is 3.93. The fraction of sp³-hybridized carbons (Fsp3) is 0.923. The molecular weight excluding hydrogens is 214 g/mol. The van der Waals surface area contributed by atoms with Crippen LogP contribution in [-0.2, 0) is 0 Å². The maximum absolute atomic E-state index is 11.7. The van der Waals surface area contributed by atoms with Crippen molar-refractivity contribution in [1.29, 1.82) is 0 Å². The van der Waals surface area contributed by atoms with E-state index < -0.39 is 0 Å². The van der Waals surface area contributed by atoms with E-state index in [-0.39, 0.29) is 6.03 Å². The summed E-state index contributed by atoms with van der Waals surface area (Å²) in [6, 6.07) is 1.32. The molecular formula is C13H25N3O. The van der Waals surface area contributed by atoms with Gasteiger partial charge in [0.15, 0.2) is 0 Å². The fourth-order valence-corrected chi connectivity index (χ4v) is 2.94. The second-order valence-corrected chi connectivity index (χ2v) is 5.24. The van der Waals surface area contributed by atoms with E-state index in [1.807, 2.05) is 0 Å². The van der Waals surface area contributed by atoms with Crippen LogP contribution >= 0.6 is 0 Å². The number of nitrogens with one attached hydrogen (secondary N) is 2. The van der Waals surface area contributed by atoms with Crippen LogP contribution in [0.3, 0.4) is 0 Å². The second-order valence-electron chi connectivity index (χ2n) is 5.24. The van der Waals surface area contributed by atoms with Crippen LogP contribution in [-0.4, -0.2) is 42.6 Å². The van der Waals surface area contributed by atoms with Gasteiger partial charge in [-0.15, -0.1) is 0 Å². The number of hydrogen-bond acceptors (Lipinski definition) is 2. The van der Waals surface area contributed by atoms with Crippen molar-refractivity contribution in [2.75, 3.05) is 19.6 Å². The number of rotatable bonds is 4. The third-order valence-electron chi connectivity index (χ3n) is 3.93. The first-order valence-electron chi connectivity index (χ1n) is 7.09. The summed E-state index contributed by atoms with van der Waals surface area (Å²) >= 11 is 0. The maximum atomic E-state index is 11.7. The van der Waals surface area contributed by atoms with Gasteiger partial charge in [-0.1, -0.05) is 6.92 Å². The summed E-state index contributed by atoms with van der Waals surface area (Å²) in [5.74, 6) is 0. The summed E-state index contributed by atoms with van der Waals surface area (Å²) in [7, 11) is 0. The molecule has 0 bridgehead atoms. The summed E-state index contributed by atoms with van der Waals surface area (Å²) < 4.78 is 0. The second kappa shape index (κ2) is 6.24. The quantitative estimate of drug-likeness (QED) is 0.784. The Kier molecular flexibility index (Phi) is 4.66. The Bertz CT molecular complexity index is 249. The van der Waals surface area contributed by atoms with E-state index in [4.69, 9.17) is 0 Å². The van der Waals surface area contributed by atoms with Crippen LogP contribution in [0.25, 0.3) is 0 Å². The van der Waals surface area contributed by atoms with Crippen LogP contribution in [0.15, 0.2) is 0 Å². The molecule has 1 aliphatic carbocycles. The molecule has 1 saturated heterocycles. The average molecular weight is 239 g/mol. The lowest BCUT2D eigenvalue weighted by Crippen LogP contribution is -2.53. The van der Waals surface area contributed by atoms with Crippen molar-refractivity contribution in [3.63, 3.8) is 0 Å². The number of hydrogen-bond donors (Lipinski definition) is 2. The van der Waals surface area contributed by atoms with Crippen molar-refractivity contribution >= 4 is 6.03 Å². The molecule has 1 saturated carbocycles. The van der Waals surface area contributed by atoms with Gasteiger partial charge < -0.3 is 15.5 Å². The Labute approximate surface area is 104 Å². The lowest BCUT2D eigenvalue weighted by molar-refractivity contribution is 0.136. The van der Waals surface area contributed by atoms with Crippen molar-refractivity contribution < 1.29 is 4.79 Å². The predicted molar refractivity (Wildman–Crippen MR) is 69.1 cm³/mol. The van der Waals surface area contributed by atoms with Gasteiger partial charge in [0.25, 0.3) is 0 Å². The molecule has 2 amide bonds. The summed E-state index contributed by atoms with van der Waals surface area (Å²) in [6.45, 7) is 5.13. The molecule has 1 heterocycles. The van der Waals surface area contributed by atoms with Gasteiger partial charge in [0.05, 0.1) is 0 Å². The number of urea groups is 1. The van der Waals surface area contributed by atoms with Crippen molar-refractivity contribution in [3.8, 4) is 0 Å². The van der Waals surface area contributed by atoms with E-state index in [1.54, 1.807) is 0 Å². The highest BCUT2D eigenvalue weighted by atomic mass is 16.2. The Hall–Kier alpha value is -0.770. The molecule has 0 aromatic carbocycles. The van der Waals surface area contributed by atoms with Gasteiger partial charge in [-0.25, -0.2) is 4.79 Å². The molecule has 0 aromatic heterocycles. The van der Waals surface area contributed by atoms with E-state index >= 15 is 0 Å². The highest BCUT2D eigenvalue weighted by molar-refractivity contribution is 5.75. The standard InChI is InChI=1S/C13H25N3O/c1-2-8-14-11-4-6-12(7-5-11)16-10-3-9-15-13(16)17/h11-12,14H,2-10H2,1H3,(H,15,17). The average Bonchev–Trinajstić information content (AvgIpc) is 2.38. The summed E-state index contributed by atoms with van der Waals surface area (Å²) in [6.07, 6.45) is 7.06. The van der Waals surface area contributed by atoms with Gasteiger partial charge in [0.1, 0.15) is 0 Å². The van der Waals surface area contributed by atoms with Gasteiger partial charge in [-0.05, 0) is 45.1 Å². The van der Waals surface area contributed by atoms with Gasteiger partial charge >= 0.3 is 6.03 Å². The van der Waals surface area contributed by atoms with Crippen molar-refractivity contribution in [2.45, 2.75) is 57.5 Å². The largest absolute Gasteiger partial charge is 0.338 e. The molecule has 2 fully saturated rings. The zero-order chi connectivity index (χ0) is 12.1. The van der Waals surface area contributed by atoms with Crippen molar-refractivity contribution in [3.05, 3.63) is 0 Å². The molecule has 17 heavy (non-hydrogen) atoms. The van der Waals surface area contributed by atoms with Gasteiger partial charge in [-0.3, -0.25) is 0 Å². The molecule has 0 atom stereocenters. The Morgan fingerprint density at radius 1 is 1.35 bits per heavy atom. The number of carbonyl (C=O) groups is 1. The van der Waals surface area contributed by atoms with Crippen molar-refractivity contribution in [1.82, 2.24) is 15.5 Å². The van der Waals surface area contributed by atoms with E-state index in [0.717, 1.165) is 38.9 Å². The maximum Gasteiger partial charge on any atom is 0.317 e. The minimum Gasteiger partial charge on any atom is -0.338 e. The zero-order valence-electron chi connectivity index (χ0n) is 10.9. The topological polar surface area (TPSA) is 44.4 Å². The van der Waals surface area contributed by atoms with Gasteiger partial charge in [0, 0.05) is 25.2 Å². The number of nitrogens with zero attached hydrogens (tertiary/aromatic N) is 1. The first-order chi connectivity index (χ1) is 8.31. The van der Waals surface area contributed by atoms with Crippen LogP contribution in [0, 0.1) is 0 Å². The highest BCUT2D eigenvalue weighted by Gasteiger charge is 2.29. The molecule has 2 rings (SSSR count). The van der Waals surface area contributed by atoms with Gasteiger partial charge in [-0.2, -0.15) is 0 Å². The summed E-state index contributed by atoms with van der Waals surface area (Å²) in [5, 5.41) is 6.53. The highest BCUT2D eigenvalue weighted by Crippen LogP contribution is 2.24. The SMILES string of the molecule is CCCNC1CCC(N2CCCNC2=O)CC1. The lowest BCUT2D eigenvalue weighted by Gasteiger charge is -2.39. The molecule has 2 aliphatic rings. The Morgan fingerprint density at radius 2 is 2.12 bits per heavy atom. The smallest absolute Gasteiger partial charge is 0.317 e. The Morgan fingerprint density at radius 3 is 2.76 bits per heavy atom. The summed E-state index contributed by atoms with van der Waals surface area (Å²) in [4.78, 5) is 13.8. The molecule has 0 unspecified atom stereocenters. The normalized spacial score (nSPS) is 30.2. The monoisotopic (exact) mass is 239 g/mol. The minimum atomic E-state index is 0.154. The minimum absolute atomic E-state index is 0.154.